The quantitative estimate of drug-likeness (QED) is 0.652. The second kappa shape index (κ2) is 9.72. The zero-order chi connectivity index (χ0) is 18.1. The Kier molecular flexibility index (Phi) is 7.33. The number of amides is 1. The van der Waals surface area contributed by atoms with Gasteiger partial charge < -0.3 is 14.8 Å². The van der Waals surface area contributed by atoms with Gasteiger partial charge in [-0.15, -0.1) is 0 Å². The van der Waals surface area contributed by atoms with E-state index in [1.807, 2.05) is 42.5 Å². The van der Waals surface area contributed by atoms with Gasteiger partial charge in [0.2, 0.25) is 5.91 Å². The number of benzene rings is 2. The number of hydrogen-bond acceptors (Lipinski definition) is 3. The monoisotopic (exact) mass is 341 g/mol. The summed E-state index contributed by atoms with van der Waals surface area (Å²) >= 11 is 0. The predicted molar refractivity (Wildman–Crippen MR) is 102 cm³/mol. The number of nitrogens with one attached hydrogen (secondary N) is 1. The lowest BCUT2D eigenvalue weighted by Gasteiger charge is -2.15. The highest BCUT2D eigenvalue weighted by molar-refractivity contribution is 5.91. The lowest BCUT2D eigenvalue weighted by atomic mass is 9.97. The minimum absolute atomic E-state index is 0.0223. The van der Waals surface area contributed by atoms with Crippen LogP contribution in [0.2, 0.25) is 0 Å². The van der Waals surface area contributed by atoms with Crippen LogP contribution < -0.4 is 14.8 Å². The van der Waals surface area contributed by atoms with Crippen molar-refractivity contribution in [3.05, 3.63) is 54.1 Å². The van der Waals surface area contributed by atoms with E-state index in [4.69, 9.17) is 9.47 Å². The molecular weight excluding hydrogens is 314 g/mol. The first-order valence-corrected chi connectivity index (χ1v) is 8.79. The molecule has 134 valence electrons. The molecule has 0 saturated carbocycles. The molecule has 0 spiro atoms. The smallest absolute Gasteiger partial charge is 0.224 e. The van der Waals surface area contributed by atoms with E-state index in [1.54, 1.807) is 7.11 Å². The maximum absolute atomic E-state index is 12.2. The number of ether oxygens (including phenoxy) is 2. The number of para-hydroxylation sites is 1. The Morgan fingerprint density at radius 2 is 1.76 bits per heavy atom. The van der Waals surface area contributed by atoms with E-state index in [2.05, 4.69) is 25.2 Å². The van der Waals surface area contributed by atoms with Crippen LogP contribution in [0.3, 0.4) is 0 Å². The van der Waals surface area contributed by atoms with Crippen LogP contribution in [0.25, 0.3) is 0 Å². The van der Waals surface area contributed by atoms with Gasteiger partial charge in [-0.1, -0.05) is 32.0 Å². The SMILES string of the molecule is CCC(C)c1ccccc1NC(=O)CCCOc1ccc(OC)cc1. The third kappa shape index (κ3) is 5.82. The van der Waals surface area contributed by atoms with E-state index in [-0.39, 0.29) is 5.91 Å². The molecule has 1 N–H and O–H groups in total. The number of hydrogen-bond donors (Lipinski definition) is 1. The summed E-state index contributed by atoms with van der Waals surface area (Å²) in [5.74, 6) is 2.03. The molecule has 1 amide bonds. The first kappa shape index (κ1) is 18.8. The summed E-state index contributed by atoms with van der Waals surface area (Å²) in [4.78, 5) is 12.2. The van der Waals surface area contributed by atoms with Gasteiger partial charge in [-0.3, -0.25) is 4.79 Å². The summed E-state index contributed by atoms with van der Waals surface area (Å²) < 4.78 is 10.8. The van der Waals surface area contributed by atoms with Crippen LogP contribution in [0.1, 0.15) is 44.6 Å². The zero-order valence-electron chi connectivity index (χ0n) is 15.2. The van der Waals surface area contributed by atoms with E-state index in [9.17, 15) is 4.79 Å². The summed E-state index contributed by atoms with van der Waals surface area (Å²) in [6.45, 7) is 4.83. The van der Waals surface area contributed by atoms with Gasteiger partial charge in [0, 0.05) is 12.1 Å². The van der Waals surface area contributed by atoms with Crippen LogP contribution in [0.15, 0.2) is 48.5 Å². The molecule has 0 fully saturated rings. The number of carbonyl (C=O) groups is 1. The van der Waals surface area contributed by atoms with E-state index in [0.717, 1.165) is 23.6 Å². The van der Waals surface area contributed by atoms with Gasteiger partial charge in [-0.05, 0) is 54.7 Å². The summed E-state index contributed by atoms with van der Waals surface area (Å²) in [6.07, 6.45) is 2.15. The normalized spacial score (nSPS) is 11.6. The number of carbonyl (C=O) groups excluding carboxylic acids is 1. The maximum atomic E-state index is 12.2. The summed E-state index contributed by atoms with van der Waals surface area (Å²) in [5, 5.41) is 3.03. The molecule has 1 atom stereocenters. The molecule has 4 nitrogen and oxygen atoms in total. The third-order valence-corrected chi connectivity index (χ3v) is 4.25. The van der Waals surface area contributed by atoms with Crippen molar-refractivity contribution in [2.24, 2.45) is 0 Å². The van der Waals surface area contributed by atoms with Crippen LogP contribution >= 0.6 is 0 Å². The fraction of sp³-hybridized carbons (Fsp3) is 0.381. The van der Waals surface area contributed by atoms with Crippen molar-refractivity contribution in [2.45, 2.75) is 39.0 Å². The third-order valence-electron chi connectivity index (χ3n) is 4.25. The lowest BCUT2D eigenvalue weighted by molar-refractivity contribution is -0.116. The summed E-state index contributed by atoms with van der Waals surface area (Å²) in [5.41, 5.74) is 2.10. The van der Waals surface area contributed by atoms with Crippen molar-refractivity contribution in [1.82, 2.24) is 0 Å². The van der Waals surface area contributed by atoms with E-state index in [1.165, 1.54) is 5.56 Å². The maximum Gasteiger partial charge on any atom is 0.224 e. The van der Waals surface area contributed by atoms with Crippen molar-refractivity contribution < 1.29 is 14.3 Å². The van der Waals surface area contributed by atoms with E-state index >= 15 is 0 Å². The molecule has 0 aliphatic heterocycles. The molecule has 0 aliphatic carbocycles. The van der Waals surface area contributed by atoms with Gasteiger partial charge in [-0.25, -0.2) is 0 Å². The van der Waals surface area contributed by atoms with Crippen LogP contribution in [-0.4, -0.2) is 19.6 Å². The number of methoxy groups -OCH3 is 1. The van der Waals surface area contributed by atoms with Crippen LogP contribution in [-0.2, 0) is 4.79 Å². The highest BCUT2D eigenvalue weighted by atomic mass is 16.5. The standard InChI is InChI=1S/C21H27NO3/c1-4-16(2)19-8-5-6-9-20(19)22-21(23)10-7-15-25-18-13-11-17(24-3)12-14-18/h5-6,8-9,11-14,16H,4,7,10,15H2,1-3H3,(H,22,23). The van der Waals surface area contributed by atoms with Crippen molar-refractivity contribution in [2.75, 3.05) is 19.0 Å². The molecular formula is C21H27NO3. The molecule has 2 rings (SSSR count). The van der Waals surface area contributed by atoms with Crippen LogP contribution in [0.4, 0.5) is 5.69 Å². The fourth-order valence-corrected chi connectivity index (χ4v) is 2.57. The highest BCUT2D eigenvalue weighted by Gasteiger charge is 2.10. The molecule has 0 saturated heterocycles. The first-order valence-electron chi connectivity index (χ1n) is 8.79. The molecule has 2 aromatic rings. The predicted octanol–water partition coefficient (Wildman–Crippen LogP) is 5.01. The van der Waals surface area contributed by atoms with Gasteiger partial charge in [0.15, 0.2) is 0 Å². The topological polar surface area (TPSA) is 47.6 Å². The molecule has 0 aromatic heterocycles. The average molecular weight is 341 g/mol. The molecule has 0 radical (unpaired) electrons. The summed E-state index contributed by atoms with van der Waals surface area (Å²) in [6, 6.07) is 15.4. The average Bonchev–Trinajstić information content (AvgIpc) is 2.65. The molecule has 2 aromatic carbocycles. The Morgan fingerprint density at radius 1 is 1.08 bits per heavy atom. The Morgan fingerprint density at radius 3 is 2.44 bits per heavy atom. The van der Waals surface area contributed by atoms with Crippen LogP contribution in [0, 0.1) is 0 Å². The number of anilines is 1. The highest BCUT2D eigenvalue weighted by Crippen LogP contribution is 2.26. The largest absolute Gasteiger partial charge is 0.497 e. The van der Waals surface area contributed by atoms with Gasteiger partial charge in [-0.2, -0.15) is 0 Å². The molecule has 0 heterocycles. The number of rotatable bonds is 9. The first-order chi connectivity index (χ1) is 12.1. The Balaban J connectivity index is 1.77. The molecule has 25 heavy (non-hydrogen) atoms. The van der Waals surface area contributed by atoms with Gasteiger partial charge in [0.1, 0.15) is 11.5 Å². The second-order valence-corrected chi connectivity index (χ2v) is 6.07. The Hall–Kier alpha value is -2.49. The zero-order valence-corrected chi connectivity index (χ0v) is 15.2. The van der Waals surface area contributed by atoms with Crippen molar-refractivity contribution >= 4 is 11.6 Å². The second-order valence-electron chi connectivity index (χ2n) is 6.07. The Labute approximate surface area is 150 Å². The van der Waals surface area contributed by atoms with Gasteiger partial charge in [0.05, 0.1) is 13.7 Å². The molecule has 0 aliphatic rings. The molecule has 1 unspecified atom stereocenters. The molecule has 4 heteroatoms. The van der Waals surface area contributed by atoms with Gasteiger partial charge >= 0.3 is 0 Å². The Bertz CT molecular complexity index is 667. The van der Waals surface area contributed by atoms with E-state index < -0.39 is 0 Å². The fourth-order valence-electron chi connectivity index (χ4n) is 2.57. The van der Waals surface area contributed by atoms with Crippen molar-refractivity contribution in [1.29, 1.82) is 0 Å². The summed E-state index contributed by atoms with van der Waals surface area (Å²) in [7, 11) is 1.63. The van der Waals surface area contributed by atoms with Crippen LogP contribution in [0.5, 0.6) is 11.5 Å². The van der Waals surface area contributed by atoms with Crippen molar-refractivity contribution in [3.63, 3.8) is 0 Å². The van der Waals surface area contributed by atoms with E-state index in [0.29, 0.717) is 25.4 Å². The molecule has 0 bridgehead atoms. The lowest BCUT2D eigenvalue weighted by Crippen LogP contribution is -2.14. The minimum Gasteiger partial charge on any atom is -0.497 e. The minimum atomic E-state index is 0.0223. The van der Waals surface area contributed by atoms with Crippen molar-refractivity contribution in [3.8, 4) is 11.5 Å². The van der Waals surface area contributed by atoms with Gasteiger partial charge in [0.25, 0.3) is 0 Å².